The maximum atomic E-state index is 12.1. The Morgan fingerprint density at radius 3 is 3.00 bits per heavy atom. The van der Waals surface area contributed by atoms with Crippen molar-refractivity contribution >= 4 is 11.6 Å². The fraction of sp³-hybridized carbons (Fsp3) is 0.533. The molecule has 1 aromatic rings. The number of carbonyl (C=O) groups is 1. The zero-order chi connectivity index (χ0) is 13.7. The number of nitrogens with zero attached hydrogens (tertiary/aromatic N) is 1. The van der Waals surface area contributed by atoms with Crippen LogP contribution in [0.2, 0.25) is 0 Å². The van der Waals surface area contributed by atoms with Crippen LogP contribution >= 0.6 is 0 Å². The molecule has 104 valence electrons. The van der Waals surface area contributed by atoms with E-state index in [-0.39, 0.29) is 5.91 Å². The predicted molar refractivity (Wildman–Crippen MR) is 75.7 cm³/mol. The molecule has 0 radical (unpaired) electrons. The smallest absolute Gasteiger partial charge is 0.225 e. The number of rotatable bonds is 5. The van der Waals surface area contributed by atoms with Crippen LogP contribution in [0, 0.1) is 0 Å². The molecule has 2 N–H and O–H groups in total. The van der Waals surface area contributed by atoms with Gasteiger partial charge in [0.15, 0.2) is 0 Å². The zero-order valence-corrected chi connectivity index (χ0v) is 11.5. The van der Waals surface area contributed by atoms with Gasteiger partial charge in [0.05, 0.1) is 13.0 Å². The standard InChI is InChI=1S/C15H22N2O2/c1-2-8-19-9-6-15(18)17-7-5-12-3-4-14(16)10-13(12)11-17/h3-4,10H,2,5-9,11,16H2,1H3. The molecule has 4 heteroatoms. The summed E-state index contributed by atoms with van der Waals surface area (Å²) in [5, 5.41) is 0. The van der Waals surface area contributed by atoms with Gasteiger partial charge in [-0.2, -0.15) is 0 Å². The highest BCUT2D eigenvalue weighted by Crippen LogP contribution is 2.21. The van der Waals surface area contributed by atoms with Gasteiger partial charge < -0.3 is 15.4 Å². The third kappa shape index (κ3) is 3.70. The topological polar surface area (TPSA) is 55.6 Å². The summed E-state index contributed by atoms with van der Waals surface area (Å²) in [5.41, 5.74) is 9.04. The van der Waals surface area contributed by atoms with Crippen molar-refractivity contribution in [2.24, 2.45) is 0 Å². The monoisotopic (exact) mass is 262 g/mol. The summed E-state index contributed by atoms with van der Waals surface area (Å²) < 4.78 is 5.37. The Bertz CT molecular complexity index is 446. The number of hydrogen-bond acceptors (Lipinski definition) is 3. The summed E-state index contributed by atoms with van der Waals surface area (Å²) in [6.07, 6.45) is 2.37. The molecular weight excluding hydrogens is 240 g/mol. The van der Waals surface area contributed by atoms with E-state index in [4.69, 9.17) is 10.5 Å². The number of nitrogen functional groups attached to an aromatic ring is 1. The SMILES string of the molecule is CCCOCCC(=O)N1CCc2ccc(N)cc2C1. The van der Waals surface area contributed by atoms with Crippen LogP contribution < -0.4 is 5.73 Å². The predicted octanol–water partition coefficient (Wildman–Crippen LogP) is 1.97. The molecule has 2 rings (SSSR count). The Hall–Kier alpha value is -1.55. The minimum atomic E-state index is 0.171. The second kappa shape index (κ2) is 6.57. The van der Waals surface area contributed by atoms with E-state index in [0.717, 1.165) is 31.7 Å². The van der Waals surface area contributed by atoms with Crippen molar-refractivity contribution in [1.82, 2.24) is 4.90 Å². The zero-order valence-electron chi connectivity index (χ0n) is 11.5. The molecule has 4 nitrogen and oxygen atoms in total. The lowest BCUT2D eigenvalue weighted by atomic mass is 9.99. The number of carbonyl (C=O) groups excluding carboxylic acids is 1. The Kier molecular flexibility index (Phi) is 4.80. The highest BCUT2D eigenvalue weighted by molar-refractivity contribution is 5.76. The Labute approximate surface area is 114 Å². The first-order valence-corrected chi connectivity index (χ1v) is 6.93. The van der Waals surface area contributed by atoms with E-state index >= 15 is 0 Å². The lowest BCUT2D eigenvalue weighted by Gasteiger charge is -2.29. The van der Waals surface area contributed by atoms with Crippen LogP contribution in [0.5, 0.6) is 0 Å². The molecule has 0 bridgehead atoms. The van der Waals surface area contributed by atoms with Crippen LogP contribution in [0.1, 0.15) is 30.9 Å². The van der Waals surface area contributed by atoms with E-state index in [9.17, 15) is 4.79 Å². The van der Waals surface area contributed by atoms with Crippen LogP contribution in [0.25, 0.3) is 0 Å². The fourth-order valence-corrected chi connectivity index (χ4v) is 2.35. The van der Waals surface area contributed by atoms with Crippen molar-refractivity contribution in [3.05, 3.63) is 29.3 Å². The van der Waals surface area contributed by atoms with E-state index in [2.05, 4.69) is 13.0 Å². The van der Waals surface area contributed by atoms with Gasteiger partial charge in [0, 0.05) is 25.4 Å². The van der Waals surface area contributed by atoms with Gasteiger partial charge in [-0.3, -0.25) is 4.79 Å². The molecule has 1 heterocycles. The van der Waals surface area contributed by atoms with Gasteiger partial charge in [-0.1, -0.05) is 13.0 Å². The molecule has 0 saturated heterocycles. The van der Waals surface area contributed by atoms with E-state index in [1.807, 2.05) is 17.0 Å². The number of fused-ring (bicyclic) bond motifs is 1. The van der Waals surface area contributed by atoms with Gasteiger partial charge in [0.1, 0.15) is 0 Å². The molecule has 19 heavy (non-hydrogen) atoms. The first-order valence-electron chi connectivity index (χ1n) is 6.93. The number of ether oxygens (including phenoxy) is 1. The van der Waals surface area contributed by atoms with Crippen LogP contribution in [0.4, 0.5) is 5.69 Å². The van der Waals surface area contributed by atoms with Crippen molar-refractivity contribution in [3.63, 3.8) is 0 Å². The van der Waals surface area contributed by atoms with E-state index in [1.54, 1.807) is 0 Å². The molecule has 1 aliphatic heterocycles. The summed E-state index contributed by atoms with van der Waals surface area (Å²) in [6, 6.07) is 5.97. The summed E-state index contributed by atoms with van der Waals surface area (Å²) in [7, 11) is 0. The summed E-state index contributed by atoms with van der Waals surface area (Å²) >= 11 is 0. The maximum Gasteiger partial charge on any atom is 0.225 e. The molecule has 0 saturated carbocycles. The second-order valence-corrected chi connectivity index (χ2v) is 4.96. The highest BCUT2D eigenvalue weighted by Gasteiger charge is 2.20. The van der Waals surface area contributed by atoms with Gasteiger partial charge in [-0.15, -0.1) is 0 Å². The van der Waals surface area contributed by atoms with Crippen molar-refractivity contribution in [3.8, 4) is 0 Å². The molecule has 1 aromatic carbocycles. The van der Waals surface area contributed by atoms with Gasteiger partial charge in [0.25, 0.3) is 0 Å². The minimum absolute atomic E-state index is 0.171. The largest absolute Gasteiger partial charge is 0.399 e. The van der Waals surface area contributed by atoms with Gasteiger partial charge in [-0.25, -0.2) is 0 Å². The number of hydrogen-bond donors (Lipinski definition) is 1. The van der Waals surface area contributed by atoms with Gasteiger partial charge in [0.2, 0.25) is 5.91 Å². The van der Waals surface area contributed by atoms with Gasteiger partial charge >= 0.3 is 0 Å². The maximum absolute atomic E-state index is 12.1. The molecule has 0 unspecified atom stereocenters. The number of anilines is 1. The number of benzene rings is 1. The number of nitrogens with two attached hydrogens (primary N) is 1. The van der Waals surface area contributed by atoms with E-state index < -0.39 is 0 Å². The van der Waals surface area contributed by atoms with Crippen LogP contribution in [0.3, 0.4) is 0 Å². The van der Waals surface area contributed by atoms with Crippen LogP contribution in [-0.2, 0) is 22.5 Å². The molecule has 1 aliphatic rings. The second-order valence-electron chi connectivity index (χ2n) is 4.96. The fourth-order valence-electron chi connectivity index (χ4n) is 2.35. The molecule has 0 fully saturated rings. The lowest BCUT2D eigenvalue weighted by molar-refractivity contribution is -0.133. The summed E-state index contributed by atoms with van der Waals surface area (Å²) in [4.78, 5) is 14.0. The van der Waals surface area contributed by atoms with Gasteiger partial charge in [-0.05, 0) is 36.1 Å². The van der Waals surface area contributed by atoms with Crippen LogP contribution in [0.15, 0.2) is 18.2 Å². The third-order valence-electron chi connectivity index (χ3n) is 3.40. The average Bonchev–Trinajstić information content (AvgIpc) is 2.42. The molecule has 0 aliphatic carbocycles. The van der Waals surface area contributed by atoms with Crippen molar-refractivity contribution in [2.45, 2.75) is 32.7 Å². The molecular formula is C15H22N2O2. The third-order valence-corrected chi connectivity index (χ3v) is 3.40. The molecule has 0 atom stereocenters. The quantitative estimate of drug-likeness (QED) is 0.652. The molecule has 0 spiro atoms. The molecule has 1 amide bonds. The summed E-state index contributed by atoms with van der Waals surface area (Å²) in [5.74, 6) is 0.171. The van der Waals surface area contributed by atoms with E-state index in [1.165, 1.54) is 11.1 Å². The van der Waals surface area contributed by atoms with Crippen molar-refractivity contribution < 1.29 is 9.53 Å². The van der Waals surface area contributed by atoms with Crippen molar-refractivity contribution in [2.75, 3.05) is 25.5 Å². The average molecular weight is 262 g/mol. The highest BCUT2D eigenvalue weighted by atomic mass is 16.5. The van der Waals surface area contributed by atoms with E-state index in [0.29, 0.717) is 19.6 Å². The Morgan fingerprint density at radius 2 is 2.21 bits per heavy atom. The van der Waals surface area contributed by atoms with Crippen LogP contribution in [-0.4, -0.2) is 30.6 Å². The normalized spacial score (nSPS) is 14.3. The molecule has 0 aromatic heterocycles. The summed E-state index contributed by atoms with van der Waals surface area (Å²) in [6.45, 7) is 4.78. The lowest BCUT2D eigenvalue weighted by Crippen LogP contribution is -2.36. The first-order chi connectivity index (χ1) is 9.20. The first kappa shape index (κ1) is 13.9. The minimum Gasteiger partial charge on any atom is -0.399 e. The Balaban J connectivity index is 1.88. The number of amides is 1. The van der Waals surface area contributed by atoms with Crippen molar-refractivity contribution in [1.29, 1.82) is 0 Å². The Morgan fingerprint density at radius 1 is 1.37 bits per heavy atom.